The first kappa shape index (κ1) is 32.8. The number of aliphatic carboxylic acids is 2. The minimum absolute atomic E-state index is 0.0150. The molecule has 5 atom stereocenters. The second-order valence-corrected chi connectivity index (χ2v) is 9.93. The summed E-state index contributed by atoms with van der Waals surface area (Å²) in [4.78, 5) is 62.2. The Hall–Kier alpha value is -4.45. The molecule has 5 unspecified atom stereocenters. The van der Waals surface area contributed by atoms with Crippen LogP contribution in [0.5, 0.6) is 5.75 Å². The third-order valence-electron chi connectivity index (χ3n) is 6.70. The van der Waals surface area contributed by atoms with Crippen molar-refractivity contribution in [2.24, 2.45) is 11.7 Å². The summed E-state index contributed by atoms with van der Waals surface area (Å²) in [6.07, 6.45) is -0.119. The summed E-state index contributed by atoms with van der Waals surface area (Å²) < 4.78 is 0. The highest BCUT2D eigenvalue weighted by atomic mass is 16.4. The van der Waals surface area contributed by atoms with E-state index < -0.39 is 66.2 Å². The molecule has 2 aromatic carbocycles. The summed E-state index contributed by atoms with van der Waals surface area (Å²) >= 11 is 0. The molecule has 12 nitrogen and oxygen atoms in total. The number of amides is 3. The van der Waals surface area contributed by atoms with Crippen LogP contribution in [0.2, 0.25) is 0 Å². The molecule has 2 rings (SSSR count). The van der Waals surface area contributed by atoms with Crippen LogP contribution in [0.1, 0.15) is 44.2 Å². The third kappa shape index (κ3) is 10.9. The molecule has 8 N–H and O–H groups in total. The average molecular weight is 571 g/mol. The molecule has 0 aliphatic rings. The van der Waals surface area contributed by atoms with Gasteiger partial charge >= 0.3 is 11.9 Å². The van der Waals surface area contributed by atoms with Gasteiger partial charge in [-0.05, 0) is 42.0 Å². The number of hydrogen-bond donors (Lipinski definition) is 7. The van der Waals surface area contributed by atoms with Crippen molar-refractivity contribution in [1.82, 2.24) is 16.0 Å². The molecule has 0 spiro atoms. The van der Waals surface area contributed by atoms with Crippen molar-refractivity contribution in [3.63, 3.8) is 0 Å². The molecule has 0 aromatic heterocycles. The van der Waals surface area contributed by atoms with Gasteiger partial charge in [-0.25, -0.2) is 4.79 Å². The first-order valence-electron chi connectivity index (χ1n) is 13.3. The predicted molar refractivity (Wildman–Crippen MR) is 150 cm³/mol. The molecule has 0 saturated carbocycles. The SMILES string of the molecule is CCC(C)C(NC(=O)C(Cc1ccc(O)cc1)NC(=O)C(N)Cc1ccccc1)C(=O)NC(CCC(=O)O)C(=O)O. The zero-order chi connectivity index (χ0) is 30.5. The monoisotopic (exact) mass is 570 g/mol. The standard InChI is InChI=1S/C29H38N4O8/c1-3-17(2)25(28(39)31-22(29(40)41)13-14-24(35)36)33-27(38)23(16-19-9-11-20(34)12-10-19)32-26(37)21(30)15-18-7-5-4-6-8-18/h4-12,17,21-23,25,34H,3,13-16,30H2,1-2H3,(H,31,39)(H,32,37)(H,33,38)(H,35,36)(H,40,41). The lowest BCUT2D eigenvalue weighted by molar-refractivity contribution is -0.143. The third-order valence-corrected chi connectivity index (χ3v) is 6.70. The molecule has 41 heavy (non-hydrogen) atoms. The van der Waals surface area contributed by atoms with E-state index in [1.54, 1.807) is 26.0 Å². The van der Waals surface area contributed by atoms with E-state index in [-0.39, 0.29) is 25.0 Å². The summed E-state index contributed by atoms with van der Waals surface area (Å²) in [6, 6.07) is 10.4. The lowest BCUT2D eigenvalue weighted by atomic mass is 9.96. The van der Waals surface area contributed by atoms with Gasteiger partial charge in [0.25, 0.3) is 0 Å². The van der Waals surface area contributed by atoms with E-state index in [4.69, 9.17) is 10.8 Å². The van der Waals surface area contributed by atoms with Crippen LogP contribution in [0.3, 0.4) is 0 Å². The van der Waals surface area contributed by atoms with E-state index in [9.17, 15) is 34.2 Å². The topological polar surface area (TPSA) is 208 Å². The van der Waals surface area contributed by atoms with Crippen molar-refractivity contribution >= 4 is 29.7 Å². The van der Waals surface area contributed by atoms with Crippen molar-refractivity contribution in [1.29, 1.82) is 0 Å². The fourth-order valence-corrected chi connectivity index (χ4v) is 4.06. The summed E-state index contributed by atoms with van der Waals surface area (Å²) in [5, 5.41) is 35.6. The molecule has 0 aliphatic heterocycles. The number of nitrogens with one attached hydrogen (secondary N) is 3. The van der Waals surface area contributed by atoms with Gasteiger partial charge in [0.05, 0.1) is 6.04 Å². The minimum Gasteiger partial charge on any atom is -0.508 e. The molecule has 0 saturated heterocycles. The fraction of sp³-hybridized carbons (Fsp3) is 0.414. The van der Waals surface area contributed by atoms with Crippen LogP contribution in [-0.2, 0) is 36.8 Å². The van der Waals surface area contributed by atoms with Gasteiger partial charge in [0.15, 0.2) is 0 Å². The Morgan fingerprint density at radius 2 is 1.37 bits per heavy atom. The van der Waals surface area contributed by atoms with Crippen LogP contribution in [0.25, 0.3) is 0 Å². The maximum atomic E-state index is 13.5. The summed E-state index contributed by atoms with van der Waals surface area (Å²) in [5.41, 5.74) is 7.57. The first-order chi connectivity index (χ1) is 19.4. The molecule has 0 fully saturated rings. The lowest BCUT2D eigenvalue weighted by Gasteiger charge is -2.28. The van der Waals surface area contributed by atoms with Crippen molar-refractivity contribution < 1.29 is 39.3 Å². The van der Waals surface area contributed by atoms with Gasteiger partial charge in [0.1, 0.15) is 23.9 Å². The lowest BCUT2D eigenvalue weighted by Crippen LogP contribution is -2.59. The van der Waals surface area contributed by atoms with Crippen LogP contribution in [0.15, 0.2) is 54.6 Å². The van der Waals surface area contributed by atoms with E-state index in [0.29, 0.717) is 12.0 Å². The Labute approximate surface area is 238 Å². The number of aromatic hydroxyl groups is 1. The normalized spacial score (nSPS) is 14.5. The molecule has 0 heterocycles. The average Bonchev–Trinajstić information content (AvgIpc) is 2.94. The van der Waals surface area contributed by atoms with Gasteiger partial charge in [0, 0.05) is 12.8 Å². The van der Waals surface area contributed by atoms with Gasteiger partial charge in [-0.15, -0.1) is 0 Å². The van der Waals surface area contributed by atoms with Crippen LogP contribution in [0, 0.1) is 5.92 Å². The Morgan fingerprint density at radius 3 is 1.93 bits per heavy atom. The molecular formula is C29H38N4O8. The minimum atomic E-state index is -1.47. The van der Waals surface area contributed by atoms with Crippen LogP contribution in [0.4, 0.5) is 0 Å². The quantitative estimate of drug-likeness (QED) is 0.153. The fourth-order valence-electron chi connectivity index (χ4n) is 4.06. The van der Waals surface area contributed by atoms with E-state index >= 15 is 0 Å². The van der Waals surface area contributed by atoms with Crippen molar-refractivity contribution in [2.45, 2.75) is 70.1 Å². The highest BCUT2D eigenvalue weighted by molar-refractivity contribution is 5.94. The van der Waals surface area contributed by atoms with Gasteiger partial charge in [-0.3, -0.25) is 19.2 Å². The molecule has 2 aromatic rings. The van der Waals surface area contributed by atoms with E-state index in [2.05, 4.69) is 16.0 Å². The van der Waals surface area contributed by atoms with Crippen molar-refractivity contribution in [3.05, 3.63) is 65.7 Å². The number of benzene rings is 2. The summed E-state index contributed by atoms with van der Waals surface area (Å²) in [7, 11) is 0. The van der Waals surface area contributed by atoms with Gasteiger partial charge in [-0.2, -0.15) is 0 Å². The Morgan fingerprint density at radius 1 is 0.780 bits per heavy atom. The number of carbonyl (C=O) groups excluding carboxylic acids is 3. The van der Waals surface area contributed by atoms with Crippen molar-refractivity contribution in [3.8, 4) is 5.75 Å². The molecule has 12 heteroatoms. The second kappa shape index (κ2) is 16.0. The summed E-state index contributed by atoms with van der Waals surface area (Å²) in [5.74, 6) is -5.10. The molecular weight excluding hydrogens is 532 g/mol. The Kier molecular flexibility index (Phi) is 12.8. The number of phenols is 1. The number of rotatable bonds is 16. The Balaban J connectivity index is 2.24. The predicted octanol–water partition coefficient (Wildman–Crippen LogP) is 0.955. The highest BCUT2D eigenvalue weighted by Gasteiger charge is 2.33. The molecule has 0 radical (unpaired) electrons. The van der Waals surface area contributed by atoms with Gasteiger partial charge < -0.3 is 37.0 Å². The number of hydrogen-bond acceptors (Lipinski definition) is 7. The molecule has 3 amide bonds. The van der Waals surface area contributed by atoms with Gasteiger partial charge in [-0.1, -0.05) is 62.7 Å². The second-order valence-electron chi connectivity index (χ2n) is 9.93. The van der Waals surface area contributed by atoms with E-state index in [0.717, 1.165) is 5.56 Å². The van der Waals surface area contributed by atoms with E-state index in [1.807, 2.05) is 30.3 Å². The zero-order valence-corrected chi connectivity index (χ0v) is 23.1. The highest BCUT2D eigenvalue weighted by Crippen LogP contribution is 2.14. The van der Waals surface area contributed by atoms with Crippen molar-refractivity contribution in [2.75, 3.05) is 0 Å². The maximum absolute atomic E-state index is 13.5. The maximum Gasteiger partial charge on any atom is 0.326 e. The van der Waals surface area contributed by atoms with E-state index in [1.165, 1.54) is 12.1 Å². The number of phenolic OH excluding ortho intramolecular Hbond substituents is 1. The smallest absolute Gasteiger partial charge is 0.326 e. The number of carboxylic acid groups (broad SMARTS) is 2. The number of nitrogens with two attached hydrogens (primary N) is 1. The largest absolute Gasteiger partial charge is 0.508 e. The first-order valence-corrected chi connectivity index (χ1v) is 13.3. The molecule has 0 bridgehead atoms. The van der Waals surface area contributed by atoms with Crippen LogP contribution in [-0.4, -0.2) is 69.1 Å². The Bertz CT molecular complexity index is 1190. The molecule has 0 aliphatic carbocycles. The van der Waals surface area contributed by atoms with Crippen LogP contribution >= 0.6 is 0 Å². The van der Waals surface area contributed by atoms with Crippen LogP contribution < -0.4 is 21.7 Å². The number of carbonyl (C=O) groups is 5. The van der Waals surface area contributed by atoms with Gasteiger partial charge in [0.2, 0.25) is 17.7 Å². The zero-order valence-electron chi connectivity index (χ0n) is 23.1. The number of carboxylic acids is 2. The summed E-state index contributed by atoms with van der Waals surface area (Å²) in [6.45, 7) is 3.48. The molecule has 222 valence electrons.